The Morgan fingerprint density at radius 1 is 1.15 bits per heavy atom. The maximum atomic E-state index is 12.4. The summed E-state index contributed by atoms with van der Waals surface area (Å²) in [6.45, 7) is 0. The van der Waals surface area contributed by atoms with Gasteiger partial charge in [-0.3, -0.25) is 4.79 Å². The summed E-state index contributed by atoms with van der Waals surface area (Å²) in [6, 6.07) is 13.4. The van der Waals surface area contributed by atoms with Gasteiger partial charge < -0.3 is 0 Å². The molecule has 1 heterocycles. The van der Waals surface area contributed by atoms with E-state index in [-0.39, 0.29) is 5.78 Å². The lowest BCUT2D eigenvalue weighted by atomic mass is 10.0. The van der Waals surface area contributed by atoms with Gasteiger partial charge in [0.05, 0.1) is 0 Å². The molecule has 2 aromatic carbocycles. The van der Waals surface area contributed by atoms with Crippen molar-refractivity contribution < 1.29 is 4.79 Å². The molecule has 1 aromatic heterocycles. The number of benzene rings is 2. The summed E-state index contributed by atoms with van der Waals surface area (Å²) in [6.07, 6.45) is 0.398. The average molecular weight is 366 g/mol. The highest BCUT2D eigenvalue weighted by atomic mass is 79.9. The van der Waals surface area contributed by atoms with Crippen LogP contribution in [0.15, 0.2) is 52.3 Å². The molecule has 0 spiro atoms. The highest BCUT2D eigenvalue weighted by Gasteiger charge is 2.14. The summed E-state index contributed by atoms with van der Waals surface area (Å²) < 4.78 is 2.15. The summed E-state index contributed by atoms with van der Waals surface area (Å²) in [5, 5.41) is 3.64. The van der Waals surface area contributed by atoms with Crippen molar-refractivity contribution in [2.75, 3.05) is 0 Å². The summed E-state index contributed by atoms with van der Waals surface area (Å²) in [5.74, 6) is 0.136. The van der Waals surface area contributed by atoms with E-state index in [0.29, 0.717) is 11.4 Å². The molecule has 0 radical (unpaired) electrons. The molecule has 1 nitrogen and oxygen atoms in total. The van der Waals surface area contributed by atoms with Gasteiger partial charge in [0.25, 0.3) is 0 Å². The predicted octanol–water partition coefficient (Wildman–Crippen LogP) is 5.74. The molecule has 0 saturated heterocycles. The summed E-state index contributed by atoms with van der Waals surface area (Å²) in [4.78, 5) is 12.4. The summed E-state index contributed by atoms with van der Waals surface area (Å²) in [7, 11) is 0. The molecule has 0 aliphatic heterocycles. The van der Waals surface area contributed by atoms with E-state index in [2.05, 4.69) is 15.9 Å². The van der Waals surface area contributed by atoms with Crippen molar-refractivity contribution in [1.29, 1.82) is 0 Å². The Balaban J connectivity index is 1.93. The second-order valence-corrected chi connectivity index (χ2v) is 6.66. The van der Waals surface area contributed by atoms with Gasteiger partial charge in [-0.1, -0.05) is 35.9 Å². The quantitative estimate of drug-likeness (QED) is 0.541. The van der Waals surface area contributed by atoms with Crippen LogP contribution in [-0.4, -0.2) is 5.78 Å². The highest BCUT2D eigenvalue weighted by molar-refractivity contribution is 9.10. The minimum absolute atomic E-state index is 0.136. The van der Waals surface area contributed by atoms with Gasteiger partial charge in [-0.05, 0) is 39.7 Å². The number of ketones is 1. The zero-order valence-corrected chi connectivity index (χ0v) is 13.6. The van der Waals surface area contributed by atoms with E-state index >= 15 is 0 Å². The minimum Gasteiger partial charge on any atom is -0.294 e. The van der Waals surface area contributed by atoms with Crippen molar-refractivity contribution in [1.82, 2.24) is 0 Å². The summed E-state index contributed by atoms with van der Waals surface area (Å²) in [5.41, 5.74) is 1.77. The number of rotatable bonds is 3. The second-order valence-electron chi connectivity index (χ2n) is 4.49. The van der Waals surface area contributed by atoms with Gasteiger partial charge in [0.2, 0.25) is 0 Å². The fourth-order valence-corrected chi connectivity index (χ4v) is 3.87. The lowest BCUT2D eigenvalue weighted by molar-refractivity contribution is 0.0995. The number of halogens is 2. The molecule has 100 valence electrons. The molecule has 0 aliphatic carbocycles. The van der Waals surface area contributed by atoms with Crippen LogP contribution in [0.5, 0.6) is 0 Å². The molecule has 4 heteroatoms. The standard InChI is InChI=1S/C16H10BrClOS/c17-14-3-1-2-12-13(9-20-16(12)14)15(19)8-10-4-6-11(18)7-5-10/h1-7,9H,8H2. The topological polar surface area (TPSA) is 17.1 Å². The third-order valence-electron chi connectivity index (χ3n) is 3.13. The number of hydrogen-bond donors (Lipinski definition) is 0. The molecule has 0 fully saturated rings. The molecule has 20 heavy (non-hydrogen) atoms. The van der Waals surface area contributed by atoms with Gasteiger partial charge >= 0.3 is 0 Å². The number of Topliss-reactive ketones (excluding diaryl/α,β-unsaturated/α-hetero) is 1. The van der Waals surface area contributed by atoms with Crippen LogP contribution in [-0.2, 0) is 6.42 Å². The van der Waals surface area contributed by atoms with E-state index in [1.54, 1.807) is 11.3 Å². The normalized spacial score (nSPS) is 10.9. The zero-order chi connectivity index (χ0) is 14.1. The van der Waals surface area contributed by atoms with Gasteiger partial charge in [-0.15, -0.1) is 11.3 Å². The van der Waals surface area contributed by atoms with E-state index < -0.39 is 0 Å². The van der Waals surface area contributed by atoms with E-state index in [1.165, 1.54) is 0 Å². The first-order valence-corrected chi connectivity index (χ1v) is 8.13. The monoisotopic (exact) mass is 364 g/mol. The van der Waals surface area contributed by atoms with Gasteiger partial charge in [0, 0.05) is 36.9 Å². The fraction of sp³-hybridized carbons (Fsp3) is 0.0625. The van der Waals surface area contributed by atoms with Gasteiger partial charge in [-0.2, -0.15) is 0 Å². The van der Waals surface area contributed by atoms with E-state index in [0.717, 1.165) is 25.7 Å². The van der Waals surface area contributed by atoms with Crippen LogP contribution in [0.25, 0.3) is 10.1 Å². The molecule has 0 saturated carbocycles. The molecule has 0 N–H and O–H groups in total. The van der Waals surface area contributed by atoms with Crippen molar-refractivity contribution in [3.63, 3.8) is 0 Å². The van der Waals surface area contributed by atoms with Gasteiger partial charge in [0.15, 0.2) is 5.78 Å². The highest BCUT2D eigenvalue weighted by Crippen LogP contribution is 2.32. The van der Waals surface area contributed by atoms with Crippen LogP contribution in [0, 0.1) is 0 Å². The molecule has 3 aromatic rings. The molecule has 0 aliphatic rings. The van der Waals surface area contributed by atoms with Gasteiger partial charge in [-0.25, -0.2) is 0 Å². The number of hydrogen-bond acceptors (Lipinski definition) is 2. The molecule has 3 rings (SSSR count). The number of carbonyl (C=O) groups is 1. The minimum atomic E-state index is 0.136. The van der Waals surface area contributed by atoms with Crippen molar-refractivity contribution in [2.24, 2.45) is 0 Å². The first kappa shape index (κ1) is 13.8. The van der Waals surface area contributed by atoms with Crippen molar-refractivity contribution in [3.8, 4) is 0 Å². The lowest BCUT2D eigenvalue weighted by Crippen LogP contribution is -2.02. The largest absolute Gasteiger partial charge is 0.294 e. The molecule has 0 unspecified atom stereocenters. The molecular weight excluding hydrogens is 356 g/mol. The van der Waals surface area contributed by atoms with Gasteiger partial charge in [0.1, 0.15) is 0 Å². The Kier molecular flexibility index (Phi) is 3.92. The van der Waals surface area contributed by atoms with Crippen LogP contribution in [0.1, 0.15) is 15.9 Å². The summed E-state index contributed by atoms with van der Waals surface area (Å²) >= 11 is 11.0. The maximum absolute atomic E-state index is 12.4. The fourth-order valence-electron chi connectivity index (χ4n) is 2.12. The van der Waals surface area contributed by atoms with Crippen LogP contribution >= 0.6 is 38.9 Å². The molecular formula is C16H10BrClOS. The third-order valence-corrected chi connectivity index (χ3v) is 5.33. The first-order valence-electron chi connectivity index (χ1n) is 6.08. The van der Waals surface area contributed by atoms with Crippen molar-refractivity contribution >= 4 is 54.7 Å². The Hall–Kier alpha value is -1.16. The number of thiophene rings is 1. The van der Waals surface area contributed by atoms with Crippen molar-refractivity contribution in [3.05, 3.63) is 68.5 Å². The van der Waals surface area contributed by atoms with Crippen LogP contribution in [0.3, 0.4) is 0 Å². The first-order chi connectivity index (χ1) is 9.65. The Morgan fingerprint density at radius 3 is 2.65 bits per heavy atom. The van der Waals surface area contributed by atoms with Crippen LogP contribution in [0.2, 0.25) is 5.02 Å². The SMILES string of the molecule is O=C(Cc1ccc(Cl)cc1)c1csc2c(Br)cccc12. The Bertz CT molecular complexity index is 777. The second kappa shape index (κ2) is 5.68. The lowest BCUT2D eigenvalue weighted by Gasteiger charge is -2.01. The molecule has 0 amide bonds. The average Bonchev–Trinajstić information content (AvgIpc) is 2.87. The molecule has 0 atom stereocenters. The third kappa shape index (κ3) is 2.66. The predicted molar refractivity (Wildman–Crippen MR) is 89.0 cm³/mol. The maximum Gasteiger partial charge on any atom is 0.168 e. The smallest absolute Gasteiger partial charge is 0.168 e. The number of carbonyl (C=O) groups excluding carboxylic acids is 1. The van der Waals surface area contributed by atoms with Crippen LogP contribution < -0.4 is 0 Å². The van der Waals surface area contributed by atoms with E-state index in [9.17, 15) is 4.79 Å². The zero-order valence-electron chi connectivity index (χ0n) is 10.4. The van der Waals surface area contributed by atoms with E-state index in [1.807, 2.05) is 47.8 Å². The Morgan fingerprint density at radius 2 is 1.90 bits per heavy atom. The number of fused-ring (bicyclic) bond motifs is 1. The van der Waals surface area contributed by atoms with Crippen LogP contribution in [0.4, 0.5) is 0 Å². The van der Waals surface area contributed by atoms with Crippen molar-refractivity contribution in [2.45, 2.75) is 6.42 Å². The Labute approximate surface area is 134 Å². The van der Waals surface area contributed by atoms with E-state index in [4.69, 9.17) is 11.6 Å². The molecule has 0 bridgehead atoms.